The fourth-order valence-electron chi connectivity index (χ4n) is 2.97. The number of ketones is 2. The number of phenolic OH excluding ortho intramolecular Hbond substituents is 1. The first-order chi connectivity index (χ1) is 12.0. The van der Waals surface area contributed by atoms with Gasteiger partial charge in [-0.15, -0.1) is 0 Å². The van der Waals surface area contributed by atoms with Gasteiger partial charge in [-0.2, -0.15) is 0 Å². The van der Waals surface area contributed by atoms with E-state index in [0.717, 1.165) is 7.11 Å². The zero-order chi connectivity index (χ0) is 18.3. The van der Waals surface area contributed by atoms with E-state index in [2.05, 4.69) is 0 Å². The predicted molar refractivity (Wildman–Crippen MR) is 85.9 cm³/mol. The zero-order valence-electron chi connectivity index (χ0n) is 13.7. The molecule has 0 unspecified atom stereocenters. The Hall–Kier alpha value is -3.35. The highest BCUT2D eigenvalue weighted by molar-refractivity contribution is 6.31. The topological polar surface area (TPSA) is 99.1 Å². The number of fused-ring (bicyclic) bond motifs is 2. The highest BCUT2D eigenvalue weighted by Gasteiger charge is 2.40. The van der Waals surface area contributed by atoms with Crippen LogP contribution in [0.25, 0.3) is 0 Å². The minimum absolute atomic E-state index is 0.158. The molecule has 1 aliphatic carbocycles. The number of esters is 1. The number of rotatable bonds is 3. The van der Waals surface area contributed by atoms with Gasteiger partial charge in [0.25, 0.3) is 0 Å². The van der Waals surface area contributed by atoms with Crippen LogP contribution < -0.4 is 9.47 Å². The van der Waals surface area contributed by atoms with Gasteiger partial charge in [-0.05, 0) is 0 Å². The molecule has 128 valence electrons. The summed E-state index contributed by atoms with van der Waals surface area (Å²) in [5.74, 6) is -3.04. The first-order valence-electron chi connectivity index (χ1n) is 7.25. The summed E-state index contributed by atoms with van der Waals surface area (Å²) in [4.78, 5) is 37.9. The van der Waals surface area contributed by atoms with Crippen LogP contribution in [0.15, 0.2) is 24.3 Å². The molecule has 0 bridgehead atoms. The van der Waals surface area contributed by atoms with Crippen molar-refractivity contribution in [2.45, 2.75) is 0 Å². The first-order valence-corrected chi connectivity index (χ1v) is 7.25. The number of benzene rings is 2. The fraction of sp³-hybridized carbons (Fsp3) is 0.167. The van der Waals surface area contributed by atoms with Crippen LogP contribution in [0.4, 0.5) is 0 Å². The molecule has 1 aliphatic rings. The molecule has 0 heterocycles. The van der Waals surface area contributed by atoms with Gasteiger partial charge in [-0.25, -0.2) is 4.79 Å². The highest BCUT2D eigenvalue weighted by Crippen LogP contribution is 2.47. The molecule has 0 aliphatic heterocycles. The molecule has 0 aromatic heterocycles. The molecule has 2 aromatic carbocycles. The standard InChI is InChI=1S/C18H14O7/c1-23-16-11-10(15(21)17(24-2)12(16)18(22)25-3)13(19)8-6-4-5-7-9(8)14(11)20/h4-7,21H,1-3H3. The van der Waals surface area contributed by atoms with Crippen LogP contribution in [0.3, 0.4) is 0 Å². The summed E-state index contributed by atoms with van der Waals surface area (Å²) < 4.78 is 15.0. The quantitative estimate of drug-likeness (QED) is 0.726. The van der Waals surface area contributed by atoms with Crippen molar-refractivity contribution in [1.29, 1.82) is 0 Å². The largest absolute Gasteiger partial charge is 0.504 e. The van der Waals surface area contributed by atoms with Crippen molar-refractivity contribution in [3.05, 3.63) is 52.1 Å². The number of hydrogen-bond acceptors (Lipinski definition) is 7. The SMILES string of the molecule is COC(=O)c1c(OC)c(O)c2c(c1OC)C(=O)c1ccccc1C2=O. The van der Waals surface area contributed by atoms with Crippen molar-refractivity contribution in [3.8, 4) is 17.2 Å². The van der Waals surface area contributed by atoms with Gasteiger partial charge < -0.3 is 19.3 Å². The van der Waals surface area contributed by atoms with E-state index in [1.165, 1.54) is 26.4 Å². The van der Waals surface area contributed by atoms with Gasteiger partial charge >= 0.3 is 5.97 Å². The molecule has 7 nitrogen and oxygen atoms in total. The van der Waals surface area contributed by atoms with Gasteiger partial charge in [0.2, 0.25) is 0 Å². The van der Waals surface area contributed by atoms with Crippen LogP contribution in [0.5, 0.6) is 17.2 Å². The normalized spacial score (nSPS) is 12.3. The van der Waals surface area contributed by atoms with Gasteiger partial charge in [-0.1, -0.05) is 24.3 Å². The van der Waals surface area contributed by atoms with Crippen molar-refractivity contribution in [3.63, 3.8) is 0 Å². The maximum Gasteiger partial charge on any atom is 0.345 e. The summed E-state index contributed by atoms with van der Waals surface area (Å²) in [7, 11) is 3.60. The Balaban J connectivity index is 2.47. The third-order valence-corrected chi connectivity index (χ3v) is 4.05. The second kappa shape index (κ2) is 5.94. The number of ether oxygens (including phenoxy) is 3. The lowest BCUT2D eigenvalue weighted by molar-refractivity contribution is 0.0591. The average molecular weight is 342 g/mol. The van der Waals surface area contributed by atoms with Gasteiger partial charge in [0.15, 0.2) is 23.1 Å². The minimum atomic E-state index is -0.870. The van der Waals surface area contributed by atoms with Gasteiger partial charge in [0.1, 0.15) is 11.3 Å². The van der Waals surface area contributed by atoms with Crippen molar-refractivity contribution in [1.82, 2.24) is 0 Å². The second-order valence-corrected chi connectivity index (χ2v) is 5.24. The maximum atomic E-state index is 12.9. The number of carbonyl (C=O) groups is 3. The van der Waals surface area contributed by atoms with E-state index in [-0.39, 0.29) is 39.3 Å². The molecule has 2 aromatic rings. The lowest BCUT2D eigenvalue weighted by atomic mass is 9.81. The summed E-state index contributed by atoms with van der Waals surface area (Å²) in [6, 6.07) is 6.22. The summed E-state index contributed by atoms with van der Waals surface area (Å²) in [6.07, 6.45) is 0. The molecule has 0 radical (unpaired) electrons. The predicted octanol–water partition coefficient (Wildman–Crippen LogP) is 1.97. The Labute approximate surface area is 142 Å². The molecule has 0 atom stereocenters. The number of hydrogen-bond donors (Lipinski definition) is 1. The molecule has 0 amide bonds. The van der Waals surface area contributed by atoms with Crippen molar-refractivity contribution in [2.75, 3.05) is 21.3 Å². The summed E-state index contributed by atoms with van der Waals surface area (Å²) in [6.45, 7) is 0. The summed E-state index contributed by atoms with van der Waals surface area (Å²) in [5.41, 5.74) is -0.386. The van der Waals surface area contributed by atoms with Crippen LogP contribution in [-0.2, 0) is 4.74 Å². The number of carbonyl (C=O) groups excluding carboxylic acids is 3. The van der Waals surface area contributed by atoms with E-state index in [1.54, 1.807) is 12.1 Å². The molecule has 0 fully saturated rings. The van der Waals surface area contributed by atoms with Crippen LogP contribution in [0.2, 0.25) is 0 Å². The van der Waals surface area contributed by atoms with Crippen LogP contribution in [-0.4, -0.2) is 44.0 Å². The van der Waals surface area contributed by atoms with E-state index >= 15 is 0 Å². The van der Waals surface area contributed by atoms with Gasteiger partial charge in [0, 0.05) is 11.1 Å². The maximum absolute atomic E-state index is 12.9. The molecule has 3 rings (SSSR count). The van der Waals surface area contributed by atoms with E-state index in [0.29, 0.717) is 0 Å². The lowest BCUT2D eigenvalue weighted by Gasteiger charge is -2.23. The first kappa shape index (κ1) is 16.5. The Morgan fingerprint density at radius 1 is 0.880 bits per heavy atom. The molecule has 0 saturated carbocycles. The Bertz CT molecular complexity index is 928. The van der Waals surface area contributed by atoms with Crippen molar-refractivity contribution in [2.24, 2.45) is 0 Å². The third-order valence-electron chi connectivity index (χ3n) is 4.05. The Kier molecular flexibility index (Phi) is 3.92. The molecule has 25 heavy (non-hydrogen) atoms. The van der Waals surface area contributed by atoms with Crippen LogP contribution >= 0.6 is 0 Å². The van der Waals surface area contributed by atoms with Crippen LogP contribution in [0.1, 0.15) is 42.2 Å². The summed E-state index contributed by atoms with van der Waals surface area (Å²) in [5, 5.41) is 10.5. The third kappa shape index (κ3) is 2.16. The highest BCUT2D eigenvalue weighted by atomic mass is 16.5. The van der Waals surface area contributed by atoms with E-state index in [9.17, 15) is 19.5 Å². The molecular weight excluding hydrogens is 328 g/mol. The fourth-order valence-corrected chi connectivity index (χ4v) is 2.97. The molecule has 7 heteroatoms. The van der Waals surface area contributed by atoms with E-state index < -0.39 is 23.3 Å². The smallest absolute Gasteiger partial charge is 0.345 e. The molecular formula is C18H14O7. The van der Waals surface area contributed by atoms with Gasteiger partial charge in [-0.3, -0.25) is 9.59 Å². The number of phenols is 1. The van der Waals surface area contributed by atoms with Crippen molar-refractivity contribution < 1.29 is 33.7 Å². The Morgan fingerprint density at radius 2 is 1.40 bits per heavy atom. The van der Waals surface area contributed by atoms with E-state index in [1.807, 2.05) is 0 Å². The second-order valence-electron chi connectivity index (χ2n) is 5.24. The minimum Gasteiger partial charge on any atom is -0.504 e. The number of methoxy groups -OCH3 is 3. The number of aromatic hydroxyl groups is 1. The molecule has 1 N–H and O–H groups in total. The molecule has 0 saturated heterocycles. The molecule has 0 spiro atoms. The van der Waals surface area contributed by atoms with E-state index in [4.69, 9.17) is 14.2 Å². The monoisotopic (exact) mass is 342 g/mol. The van der Waals surface area contributed by atoms with Crippen LogP contribution in [0, 0.1) is 0 Å². The van der Waals surface area contributed by atoms with Gasteiger partial charge in [0.05, 0.1) is 32.5 Å². The average Bonchev–Trinajstić information content (AvgIpc) is 2.64. The zero-order valence-corrected chi connectivity index (χ0v) is 13.7. The van der Waals surface area contributed by atoms with Crippen molar-refractivity contribution >= 4 is 17.5 Å². The Morgan fingerprint density at radius 3 is 1.88 bits per heavy atom. The lowest BCUT2D eigenvalue weighted by Crippen LogP contribution is -2.24. The summed E-state index contributed by atoms with van der Waals surface area (Å²) >= 11 is 0.